The summed E-state index contributed by atoms with van der Waals surface area (Å²) < 4.78 is 13.2. The van der Waals surface area contributed by atoms with Crippen molar-refractivity contribution >= 4 is 35.0 Å². The Balaban J connectivity index is 0.00000121. The van der Waals surface area contributed by atoms with Gasteiger partial charge in [-0.25, -0.2) is 4.39 Å². The summed E-state index contributed by atoms with van der Waals surface area (Å²) in [7, 11) is 0. The van der Waals surface area contributed by atoms with Gasteiger partial charge in [-0.15, -0.1) is 12.4 Å². The molecule has 68 valence electrons. The first-order valence-corrected chi connectivity index (χ1v) is 4.39. The van der Waals surface area contributed by atoms with Crippen LogP contribution in [0.5, 0.6) is 0 Å². The maximum atomic E-state index is 12.1. The van der Waals surface area contributed by atoms with E-state index in [2.05, 4.69) is 22.6 Å². The van der Waals surface area contributed by atoms with E-state index >= 15 is 0 Å². The molecule has 1 rings (SSSR count). The van der Waals surface area contributed by atoms with Crippen LogP contribution < -0.4 is 5.73 Å². The third kappa shape index (κ3) is 3.25. The van der Waals surface area contributed by atoms with Gasteiger partial charge in [0.15, 0.2) is 0 Å². The average molecular weight is 302 g/mol. The Hall–Kier alpha value is 0.130. The van der Waals surface area contributed by atoms with Crippen molar-refractivity contribution in [2.45, 2.75) is 6.04 Å². The predicted molar refractivity (Wildman–Crippen MR) is 59.3 cm³/mol. The summed E-state index contributed by atoms with van der Waals surface area (Å²) in [6.45, 7) is -0.500. The van der Waals surface area contributed by atoms with Crippen LogP contribution in [-0.2, 0) is 0 Å². The van der Waals surface area contributed by atoms with E-state index in [1.807, 2.05) is 24.3 Å². The summed E-state index contributed by atoms with van der Waals surface area (Å²) in [5.74, 6) is 0. The fraction of sp³-hybridized carbons (Fsp3) is 0.250. The van der Waals surface area contributed by atoms with Crippen LogP contribution in [0.15, 0.2) is 24.3 Å². The van der Waals surface area contributed by atoms with E-state index in [-0.39, 0.29) is 12.4 Å². The number of hydrogen-bond donors (Lipinski definition) is 1. The minimum absolute atomic E-state index is 0. The highest BCUT2D eigenvalue weighted by Gasteiger charge is 2.03. The van der Waals surface area contributed by atoms with Gasteiger partial charge in [-0.1, -0.05) is 12.1 Å². The van der Waals surface area contributed by atoms with Gasteiger partial charge in [0.2, 0.25) is 0 Å². The molecule has 0 radical (unpaired) electrons. The Kier molecular flexibility index (Phi) is 5.78. The van der Waals surface area contributed by atoms with Gasteiger partial charge in [-0.2, -0.15) is 0 Å². The Labute approximate surface area is 91.1 Å². The van der Waals surface area contributed by atoms with Gasteiger partial charge in [0.25, 0.3) is 0 Å². The van der Waals surface area contributed by atoms with Crippen molar-refractivity contribution < 1.29 is 4.39 Å². The molecule has 1 aromatic carbocycles. The molecule has 1 aromatic rings. The molecule has 0 heterocycles. The lowest BCUT2D eigenvalue weighted by atomic mass is 10.1. The van der Waals surface area contributed by atoms with Gasteiger partial charge in [0.1, 0.15) is 6.67 Å². The van der Waals surface area contributed by atoms with Gasteiger partial charge < -0.3 is 5.73 Å². The van der Waals surface area contributed by atoms with E-state index in [0.717, 1.165) is 9.13 Å². The second-order valence-electron chi connectivity index (χ2n) is 2.32. The smallest absolute Gasteiger partial charge is 0.109 e. The standard InChI is InChI=1S/C8H9FIN.ClH/c9-5-8(11)6-2-1-3-7(10)4-6;/h1-4,8H,5,11H2;1H/t8-;/m1./s1. The Morgan fingerprint density at radius 1 is 1.50 bits per heavy atom. The normalized spacial score (nSPS) is 11.9. The molecule has 0 unspecified atom stereocenters. The van der Waals surface area contributed by atoms with Crippen LogP contribution >= 0.6 is 35.0 Å². The van der Waals surface area contributed by atoms with E-state index in [9.17, 15) is 4.39 Å². The number of halogens is 3. The fourth-order valence-corrected chi connectivity index (χ4v) is 1.39. The highest BCUT2D eigenvalue weighted by molar-refractivity contribution is 14.1. The van der Waals surface area contributed by atoms with Crippen molar-refractivity contribution in [2.24, 2.45) is 5.73 Å². The number of hydrogen-bond acceptors (Lipinski definition) is 1. The number of alkyl halides is 1. The van der Waals surface area contributed by atoms with E-state index in [0.29, 0.717) is 0 Å². The second kappa shape index (κ2) is 5.72. The molecular formula is C8H10ClFIN. The lowest BCUT2D eigenvalue weighted by molar-refractivity contribution is 0.437. The van der Waals surface area contributed by atoms with Crippen molar-refractivity contribution in [3.8, 4) is 0 Å². The van der Waals surface area contributed by atoms with Gasteiger partial charge >= 0.3 is 0 Å². The quantitative estimate of drug-likeness (QED) is 0.835. The topological polar surface area (TPSA) is 26.0 Å². The summed E-state index contributed by atoms with van der Waals surface area (Å²) >= 11 is 2.18. The van der Waals surface area contributed by atoms with Crippen LogP contribution in [0.4, 0.5) is 4.39 Å². The van der Waals surface area contributed by atoms with Crippen molar-refractivity contribution in [1.82, 2.24) is 0 Å². The van der Waals surface area contributed by atoms with Crippen LogP contribution in [0.1, 0.15) is 11.6 Å². The number of nitrogens with two attached hydrogens (primary N) is 1. The first-order chi connectivity index (χ1) is 5.24. The summed E-state index contributed by atoms with van der Waals surface area (Å²) in [4.78, 5) is 0. The van der Waals surface area contributed by atoms with E-state index in [1.165, 1.54) is 0 Å². The first kappa shape index (κ1) is 12.1. The van der Waals surface area contributed by atoms with Gasteiger partial charge in [0.05, 0.1) is 6.04 Å². The molecule has 0 saturated heterocycles. The van der Waals surface area contributed by atoms with E-state index in [1.54, 1.807) is 0 Å². The van der Waals surface area contributed by atoms with Gasteiger partial charge in [-0.3, -0.25) is 0 Å². The van der Waals surface area contributed by atoms with Crippen molar-refractivity contribution in [2.75, 3.05) is 6.67 Å². The molecule has 0 aromatic heterocycles. The first-order valence-electron chi connectivity index (χ1n) is 3.31. The molecule has 0 aliphatic carbocycles. The second-order valence-corrected chi connectivity index (χ2v) is 3.56. The van der Waals surface area contributed by atoms with Crippen LogP contribution in [0.25, 0.3) is 0 Å². The third-order valence-electron chi connectivity index (χ3n) is 1.44. The molecule has 0 amide bonds. The lowest BCUT2D eigenvalue weighted by Gasteiger charge is -2.06. The highest BCUT2D eigenvalue weighted by atomic mass is 127. The zero-order valence-electron chi connectivity index (χ0n) is 6.34. The molecule has 0 saturated carbocycles. The number of benzene rings is 1. The van der Waals surface area contributed by atoms with Crippen molar-refractivity contribution in [3.05, 3.63) is 33.4 Å². The summed E-state index contributed by atoms with van der Waals surface area (Å²) in [6, 6.07) is 7.10. The molecule has 0 fully saturated rings. The molecule has 2 N–H and O–H groups in total. The molecule has 1 atom stereocenters. The average Bonchev–Trinajstić information content (AvgIpc) is 2.03. The lowest BCUT2D eigenvalue weighted by Crippen LogP contribution is -2.11. The fourth-order valence-electron chi connectivity index (χ4n) is 0.826. The Morgan fingerprint density at radius 2 is 2.17 bits per heavy atom. The molecule has 4 heteroatoms. The minimum atomic E-state index is -0.500. The van der Waals surface area contributed by atoms with Gasteiger partial charge in [0, 0.05) is 3.57 Å². The maximum absolute atomic E-state index is 12.1. The molecule has 0 bridgehead atoms. The minimum Gasteiger partial charge on any atom is -0.322 e. The molecule has 0 aliphatic heterocycles. The molecule has 1 nitrogen and oxygen atoms in total. The summed E-state index contributed by atoms with van der Waals surface area (Å²) in [6.07, 6.45) is 0. The zero-order chi connectivity index (χ0) is 8.27. The SMILES string of the molecule is Cl.N[C@H](CF)c1cccc(I)c1. The van der Waals surface area contributed by atoms with Crippen LogP contribution in [-0.4, -0.2) is 6.67 Å². The Bertz CT molecular complexity index is 244. The van der Waals surface area contributed by atoms with Crippen LogP contribution in [0.3, 0.4) is 0 Å². The number of rotatable bonds is 2. The van der Waals surface area contributed by atoms with Crippen LogP contribution in [0, 0.1) is 3.57 Å². The highest BCUT2D eigenvalue weighted by Crippen LogP contribution is 2.13. The summed E-state index contributed by atoms with van der Waals surface area (Å²) in [5.41, 5.74) is 6.35. The summed E-state index contributed by atoms with van der Waals surface area (Å²) in [5, 5.41) is 0. The monoisotopic (exact) mass is 301 g/mol. The molecule has 12 heavy (non-hydrogen) atoms. The Morgan fingerprint density at radius 3 is 2.67 bits per heavy atom. The van der Waals surface area contributed by atoms with E-state index in [4.69, 9.17) is 5.73 Å². The van der Waals surface area contributed by atoms with Crippen molar-refractivity contribution in [1.29, 1.82) is 0 Å². The third-order valence-corrected chi connectivity index (χ3v) is 2.11. The predicted octanol–water partition coefficient (Wildman–Crippen LogP) is 2.68. The molecule has 0 spiro atoms. The van der Waals surface area contributed by atoms with Crippen LogP contribution in [0.2, 0.25) is 0 Å². The zero-order valence-corrected chi connectivity index (χ0v) is 9.31. The largest absolute Gasteiger partial charge is 0.322 e. The van der Waals surface area contributed by atoms with Gasteiger partial charge in [-0.05, 0) is 40.3 Å². The maximum Gasteiger partial charge on any atom is 0.109 e. The molecular weight excluding hydrogens is 291 g/mol. The molecule has 0 aliphatic rings. The van der Waals surface area contributed by atoms with E-state index < -0.39 is 12.7 Å². The van der Waals surface area contributed by atoms with Crippen molar-refractivity contribution in [3.63, 3.8) is 0 Å².